The van der Waals surface area contributed by atoms with Gasteiger partial charge in [-0.1, -0.05) is 0 Å². The van der Waals surface area contributed by atoms with Gasteiger partial charge >= 0.3 is 0 Å². The number of hydrogen-bond acceptors (Lipinski definition) is 7. The van der Waals surface area contributed by atoms with E-state index in [4.69, 9.17) is 4.74 Å². The molecule has 2 aliphatic rings. The van der Waals surface area contributed by atoms with Crippen LogP contribution in [0.15, 0.2) is 17.8 Å². The Morgan fingerprint density at radius 3 is 2.71 bits per heavy atom. The van der Waals surface area contributed by atoms with E-state index in [0.29, 0.717) is 6.54 Å². The lowest BCUT2D eigenvalue weighted by Gasteiger charge is -2.36. The van der Waals surface area contributed by atoms with E-state index in [1.807, 2.05) is 16.3 Å². The molecule has 1 amide bonds. The maximum Gasteiger partial charge on any atom is 0.236 e. The maximum absolute atomic E-state index is 12.5. The summed E-state index contributed by atoms with van der Waals surface area (Å²) >= 11 is 1.67. The predicted octanol–water partition coefficient (Wildman–Crippen LogP) is 0.672. The smallest absolute Gasteiger partial charge is 0.236 e. The number of carbonyl (C=O) groups is 1. The molecule has 0 radical (unpaired) electrons. The molecule has 0 bridgehead atoms. The van der Waals surface area contributed by atoms with Crippen molar-refractivity contribution in [3.63, 3.8) is 0 Å². The van der Waals surface area contributed by atoms with Crippen LogP contribution in [0.2, 0.25) is 0 Å². The van der Waals surface area contributed by atoms with Gasteiger partial charge in [-0.3, -0.25) is 9.69 Å². The Balaban J connectivity index is 1.36. The molecule has 0 atom stereocenters. The Morgan fingerprint density at radius 2 is 1.92 bits per heavy atom. The Morgan fingerprint density at radius 1 is 1.12 bits per heavy atom. The zero-order valence-corrected chi connectivity index (χ0v) is 14.4. The van der Waals surface area contributed by atoms with Gasteiger partial charge in [0.05, 0.1) is 30.0 Å². The summed E-state index contributed by atoms with van der Waals surface area (Å²) in [5.74, 6) is 1.22. The van der Waals surface area contributed by atoms with Gasteiger partial charge in [0.1, 0.15) is 12.1 Å². The minimum absolute atomic E-state index is 0.223. The lowest BCUT2D eigenvalue weighted by atomic mass is 10.3. The summed E-state index contributed by atoms with van der Waals surface area (Å²) in [6.07, 6.45) is 1.63. The lowest BCUT2D eigenvalue weighted by Crippen LogP contribution is -2.52. The van der Waals surface area contributed by atoms with Crippen molar-refractivity contribution in [2.24, 2.45) is 0 Å². The zero-order chi connectivity index (χ0) is 16.4. The number of thiophene rings is 1. The van der Waals surface area contributed by atoms with Gasteiger partial charge in [0.15, 0.2) is 0 Å². The highest BCUT2D eigenvalue weighted by Crippen LogP contribution is 2.28. The number of amides is 1. The van der Waals surface area contributed by atoms with E-state index in [9.17, 15) is 4.79 Å². The first-order valence-electron chi connectivity index (χ1n) is 8.32. The van der Waals surface area contributed by atoms with Crippen LogP contribution in [-0.4, -0.2) is 84.7 Å². The largest absolute Gasteiger partial charge is 0.379 e. The molecule has 2 aromatic heterocycles. The standard InChI is InChI=1S/C16H21N5O2S/c22-14(11-19-6-8-23-9-7-19)20-2-4-21(5-3-20)16-15-13(1-10-24-15)17-12-18-16/h1,10,12H,2-9,11H2. The first kappa shape index (κ1) is 15.7. The van der Waals surface area contributed by atoms with E-state index in [0.717, 1.165) is 68.5 Å². The Kier molecular flexibility index (Phi) is 4.59. The van der Waals surface area contributed by atoms with Crippen molar-refractivity contribution in [1.29, 1.82) is 0 Å². The van der Waals surface area contributed by atoms with Crippen molar-refractivity contribution in [2.45, 2.75) is 0 Å². The second kappa shape index (κ2) is 7.00. The minimum Gasteiger partial charge on any atom is -0.379 e. The molecule has 7 nitrogen and oxygen atoms in total. The second-order valence-corrected chi connectivity index (χ2v) is 7.00. The number of hydrogen-bond donors (Lipinski definition) is 0. The Bertz CT molecular complexity index is 707. The SMILES string of the molecule is O=C(CN1CCOCC1)N1CCN(c2ncnc3ccsc23)CC1. The van der Waals surface area contributed by atoms with E-state index >= 15 is 0 Å². The first-order valence-corrected chi connectivity index (χ1v) is 9.20. The Hall–Kier alpha value is -1.77. The summed E-state index contributed by atoms with van der Waals surface area (Å²) in [6.45, 7) is 6.80. The van der Waals surface area contributed by atoms with E-state index in [1.54, 1.807) is 17.7 Å². The van der Waals surface area contributed by atoms with Crippen LogP contribution < -0.4 is 4.90 Å². The van der Waals surface area contributed by atoms with Gasteiger partial charge < -0.3 is 14.5 Å². The van der Waals surface area contributed by atoms with Gasteiger partial charge in [0, 0.05) is 39.3 Å². The van der Waals surface area contributed by atoms with Gasteiger partial charge in [0.2, 0.25) is 5.91 Å². The van der Waals surface area contributed by atoms with Crippen molar-refractivity contribution in [1.82, 2.24) is 19.8 Å². The molecule has 0 aliphatic carbocycles. The third-order valence-electron chi connectivity index (χ3n) is 4.62. The molecule has 4 heterocycles. The topological polar surface area (TPSA) is 61.8 Å². The molecule has 8 heteroatoms. The van der Waals surface area contributed by atoms with E-state index < -0.39 is 0 Å². The molecule has 128 valence electrons. The predicted molar refractivity (Wildman–Crippen MR) is 93.5 cm³/mol. The number of carbonyl (C=O) groups excluding carboxylic acids is 1. The summed E-state index contributed by atoms with van der Waals surface area (Å²) in [7, 11) is 0. The average Bonchev–Trinajstić information content (AvgIpc) is 3.11. The highest BCUT2D eigenvalue weighted by Gasteiger charge is 2.25. The molecule has 0 N–H and O–H groups in total. The quantitative estimate of drug-likeness (QED) is 0.813. The number of piperazine rings is 1. The third kappa shape index (κ3) is 3.22. The van der Waals surface area contributed by atoms with Crippen molar-refractivity contribution < 1.29 is 9.53 Å². The molecule has 4 rings (SSSR count). The van der Waals surface area contributed by atoms with Crippen molar-refractivity contribution in [3.8, 4) is 0 Å². The minimum atomic E-state index is 0.223. The summed E-state index contributed by atoms with van der Waals surface area (Å²) in [5.41, 5.74) is 0.996. The molecule has 2 aliphatic heterocycles. The Labute approximate surface area is 144 Å². The fraction of sp³-hybridized carbons (Fsp3) is 0.562. The molecule has 2 aromatic rings. The zero-order valence-electron chi connectivity index (χ0n) is 13.6. The second-order valence-electron chi connectivity index (χ2n) is 6.09. The number of rotatable bonds is 3. The van der Waals surface area contributed by atoms with E-state index in [-0.39, 0.29) is 5.91 Å². The van der Waals surface area contributed by atoms with E-state index in [2.05, 4.69) is 19.8 Å². The molecular weight excluding hydrogens is 326 g/mol. The van der Waals surface area contributed by atoms with Gasteiger partial charge in [-0.2, -0.15) is 0 Å². The molecule has 2 fully saturated rings. The summed E-state index contributed by atoms with van der Waals surface area (Å²) < 4.78 is 6.46. The number of ether oxygens (including phenoxy) is 1. The average molecular weight is 347 g/mol. The maximum atomic E-state index is 12.5. The van der Waals surface area contributed by atoms with Crippen molar-refractivity contribution in [3.05, 3.63) is 17.8 Å². The summed E-state index contributed by atoms with van der Waals surface area (Å²) in [5, 5.41) is 2.05. The molecular formula is C16H21N5O2S. The number of morpholine rings is 1. The monoisotopic (exact) mass is 347 g/mol. The van der Waals surface area contributed by atoms with Crippen LogP contribution in [0.5, 0.6) is 0 Å². The lowest BCUT2D eigenvalue weighted by molar-refractivity contribution is -0.133. The van der Waals surface area contributed by atoms with Gasteiger partial charge in [-0.15, -0.1) is 11.3 Å². The number of anilines is 1. The summed E-state index contributed by atoms with van der Waals surface area (Å²) in [6, 6.07) is 2.02. The number of aromatic nitrogens is 2. The number of nitrogens with zero attached hydrogens (tertiary/aromatic N) is 5. The van der Waals surface area contributed by atoms with Crippen LogP contribution in [0.4, 0.5) is 5.82 Å². The fourth-order valence-corrected chi connectivity index (χ4v) is 4.08. The van der Waals surface area contributed by atoms with Crippen LogP contribution in [0.25, 0.3) is 10.2 Å². The van der Waals surface area contributed by atoms with Gasteiger partial charge in [-0.05, 0) is 11.4 Å². The van der Waals surface area contributed by atoms with Crippen molar-refractivity contribution in [2.75, 3.05) is 63.9 Å². The highest BCUT2D eigenvalue weighted by atomic mass is 32.1. The fourth-order valence-electron chi connectivity index (χ4n) is 3.22. The normalized spacial score (nSPS) is 19.8. The molecule has 0 saturated carbocycles. The van der Waals surface area contributed by atoms with Crippen LogP contribution in [0, 0.1) is 0 Å². The van der Waals surface area contributed by atoms with Gasteiger partial charge in [0.25, 0.3) is 0 Å². The van der Waals surface area contributed by atoms with Gasteiger partial charge in [-0.25, -0.2) is 9.97 Å². The van der Waals surface area contributed by atoms with Crippen LogP contribution >= 0.6 is 11.3 Å². The summed E-state index contributed by atoms with van der Waals surface area (Å²) in [4.78, 5) is 27.7. The molecule has 2 saturated heterocycles. The number of fused-ring (bicyclic) bond motifs is 1. The van der Waals surface area contributed by atoms with Crippen LogP contribution in [0.1, 0.15) is 0 Å². The van der Waals surface area contributed by atoms with Crippen LogP contribution in [0.3, 0.4) is 0 Å². The molecule has 0 spiro atoms. The first-order chi connectivity index (χ1) is 11.8. The molecule has 0 unspecified atom stereocenters. The van der Waals surface area contributed by atoms with E-state index in [1.165, 1.54) is 0 Å². The highest BCUT2D eigenvalue weighted by molar-refractivity contribution is 7.17. The van der Waals surface area contributed by atoms with Crippen molar-refractivity contribution >= 4 is 33.3 Å². The van der Waals surface area contributed by atoms with Crippen LogP contribution in [-0.2, 0) is 9.53 Å². The third-order valence-corrected chi connectivity index (χ3v) is 5.52. The molecule has 24 heavy (non-hydrogen) atoms. The molecule has 0 aromatic carbocycles.